The molecular formula is C10H13ClN2S. The minimum Gasteiger partial charge on any atom is -0.296 e. The van der Waals surface area contributed by atoms with Gasteiger partial charge in [0.15, 0.2) is 0 Å². The highest BCUT2D eigenvalue weighted by molar-refractivity contribution is 7.99. The second-order valence-corrected chi connectivity index (χ2v) is 4.95. The predicted molar refractivity (Wildman–Crippen MR) is 61.8 cm³/mol. The summed E-state index contributed by atoms with van der Waals surface area (Å²) in [6, 6.07) is 5.81. The van der Waals surface area contributed by atoms with Gasteiger partial charge in [-0.15, -0.1) is 0 Å². The smallest absolute Gasteiger partial charge is 0.129 e. The topological polar surface area (TPSA) is 16.1 Å². The Morgan fingerprint density at radius 3 is 2.86 bits per heavy atom. The van der Waals surface area contributed by atoms with E-state index in [0.717, 1.165) is 12.2 Å². The fraction of sp³-hybridized carbons (Fsp3) is 0.500. The van der Waals surface area contributed by atoms with Gasteiger partial charge in [-0.25, -0.2) is 4.98 Å². The number of aromatic nitrogens is 1. The monoisotopic (exact) mass is 228 g/mol. The molecule has 1 saturated heterocycles. The Morgan fingerprint density at radius 1 is 1.36 bits per heavy atom. The van der Waals surface area contributed by atoms with Crippen LogP contribution < -0.4 is 0 Å². The second-order valence-electron chi connectivity index (χ2n) is 3.34. The van der Waals surface area contributed by atoms with Crippen molar-refractivity contribution in [2.75, 3.05) is 24.6 Å². The number of hydrogen-bond donors (Lipinski definition) is 0. The highest BCUT2D eigenvalue weighted by atomic mass is 35.5. The first-order chi connectivity index (χ1) is 6.84. The van der Waals surface area contributed by atoms with E-state index in [1.165, 1.54) is 24.6 Å². The molecule has 0 aromatic carbocycles. The molecule has 0 amide bonds. The van der Waals surface area contributed by atoms with Crippen LogP contribution in [-0.2, 0) is 6.54 Å². The van der Waals surface area contributed by atoms with Gasteiger partial charge in [-0.3, -0.25) is 4.90 Å². The average Bonchev–Trinajstić information content (AvgIpc) is 2.19. The van der Waals surface area contributed by atoms with Crippen LogP contribution >= 0.6 is 23.4 Å². The van der Waals surface area contributed by atoms with Crippen molar-refractivity contribution in [2.45, 2.75) is 6.54 Å². The third-order valence-electron chi connectivity index (χ3n) is 2.26. The summed E-state index contributed by atoms with van der Waals surface area (Å²) in [6.45, 7) is 3.26. The van der Waals surface area contributed by atoms with E-state index < -0.39 is 0 Å². The lowest BCUT2D eigenvalue weighted by Gasteiger charge is -2.25. The Morgan fingerprint density at radius 2 is 2.14 bits per heavy atom. The van der Waals surface area contributed by atoms with E-state index in [-0.39, 0.29) is 0 Å². The third kappa shape index (κ3) is 2.87. The molecule has 1 aromatic rings. The molecule has 2 heterocycles. The molecule has 1 aromatic heterocycles. The maximum atomic E-state index is 5.83. The van der Waals surface area contributed by atoms with E-state index in [0.29, 0.717) is 5.15 Å². The highest BCUT2D eigenvalue weighted by Gasteiger charge is 2.10. The molecule has 2 nitrogen and oxygen atoms in total. The Kier molecular flexibility index (Phi) is 3.67. The van der Waals surface area contributed by atoms with Crippen LogP contribution in [-0.4, -0.2) is 34.5 Å². The minimum absolute atomic E-state index is 0.592. The molecule has 0 radical (unpaired) electrons. The van der Waals surface area contributed by atoms with Gasteiger partial charge in [-0.1, -0.05) is 17.7 Å². The first kappa shape index (κ1) is 10.3. The highest BCUT2D eigenvalue weighted by Crippen LogP contribution is 2.13. The lowest BCUT2D eigenvalue weighted by Crippen LogP contribution is -2.32. The number of rotatable bonds is 2. The van der Waals surface area contributed by atoms with Crippen molar-refractivity contribution in [3.63, 3.8) is 0 Å². The van der Waals surface area contributed by atoms with Gasteiger partial charge in [0, 0.05) is 31.1 Å². The molecule has 14 heavy (non-hydrogen) atoms. The maximum Gasteiger partial charge on any atom is 0.129 e. The Bertz CT molecular complexity index is 300. The van der Waals surface area contributed by atoms with Crippen LogP contribution in [0.15, 0.2) is 18.2 Å². The molecule has 0 atom stereocenters. The molecule has 0 N–H and O–H groups in total. The summed E-state index contributed by atoms with van der Waals surface area (Å²) in [4.78, 5) is 6.71. The Labute approximate surface area is 93.7 Å². The molecule has 2 rings (SSSR count). The first-order valence-electron chi connectivity index (χ1n) is 4.76. The predicted octanol–water partition coefficient (Wildman–Crippen LogP) is 2.28. The zero-order chi connectivity index (χ0) is 9.80. The van der Waals surface area contributed by atoms with E-state index in [1.54, 1.807) is 0 Å². The summed E-state index contributed by atoms with van der Waals surface area (Å²) in [5.41, 5.74) is 1.07. The van der Waals surface area contributed by atoms with Crippen molar-refractivity contribution >= 4 is 23.4 Å². The van der Waals surface area contributed by atoms with Gasteiger partial charge in [0.05, 0.1) is 5.69 Å². The van der Waals surface area contributed by atoms with Gasteiger partial charge in [0.2, 0.25) is 0 Å². The fourth-order valence-corrected chi connectivity index (χ4v) is 2.69. The molecule has 76 valence electrons. The Hall–Kier alpha value is -0.250. The van der Waals surface area contributed by atoms with Crippen LogP contribution in [0.3, 0.4) is 0 Å². The molecule has 0 unspecified atom stereocenters. The molecule has 0 bridgehead atoms. The van der Waals surface area contributed by atoms with Crippen LogP contribution in [0.25, 0.3) is 0 Å². The van der Waals surface area contributed by atoms with Crippen molar-refractivity contribution in [1.82, 2.24) is 9.88 Å². The normalized spacial score (nSPS) is 18.4. The van der Waals surface area contributed by atoms with Crippen molar-refractivity contribution in [2.24, 2.45) is 0 Å². The summed E-state index contributed by atoms with van der Waals surface area (Å²) >= 11 is 7.85. The van der Waals surface area contributed by atoms with E-state index in [2.05, 4.69) is 9.88 Å². The van der Waals surface area contributed by atoms with Gasteiger partial charge in [-0.2, -0.15) is 11.8 Å². The number of pyridine rings is 1. The van der Waals surface area contributed by atoms with Gasteiger partial charge < -0.3 is 0 Å². The maximum absolute atomic E-state index is 5.83. The van der Waals surface area contributed by atoms with Gasteiger partial charge in [0.1, 0.15) is 5.15 Å². The molecular weight excluding hydrogens is 216 g/mol. The third-order valence-corrected chi connectivity index (χ3v) is 3.42. The summed E-state index contributed by atoms with van der Waals surface area (Å²) in [6.07, 6.45) is 0. The number of hydrogen-bond acceptors (Lipinski definition) is 3. The van der Waals surface area contributed by atoms with Crippen LogP contribution in [0, 0.1) is 0 Å². The largest absolute Gasteiger partial charge is 0.296 e. The van der Waals surface area contributed by atoms with E-state index in [1.807, 2.05) is 30.0 Å². The standard InChI is InChI=1S/C10H13ClN2S/c11-10-3-1-2-9(12-10)8-13-4-6-14-7-5-13/h1-3H,4-8H2. The molecule has 1 aliphatic rings. The molecule has 0 aliphatic carbocycles. The number of thioether (sulfide) groups is 1. The summed E-state index contributed by atoms with van der Waals surface area (Å²) in [5.74, 6) is 2.47. The number of halogens is 1. The molecule has 4 heteroatoms. The van der Waals surface area contributed by atoms with E-state index >= 15 is 0 Å². The van der Waals surface area contributed by atoms with Gasteiger partial charge in [-0.05, 0) is 12.1 Å². The molecule has 0 spiro atoms. The van der Waals surface area contributed by atoms with Crippen molar-refractivity contribution in [1.29, 1.82) is 0 Å². The zero-order valence-electron chi connectivity index (χ0n) is 7.95. The van der Waals surface area contributed by atoms with Crippen LogP contribution in [0.5, 0.6) is 0 Å². The molecule has 0 saturated carbocycles. The van der Waals surface area contributed by atoms with Crippen LogP contribution in [0.2, 0.25) is 5.15 Å². The number of nitrogens with zero attached hydrogens (tertiary/aromatic N) is 2. The van der Waals surface area contributed by atoms with Crippen LogP contribution in [0.1, 0.15) is 5.69 Å². The van der Waals surface area contributed by atoms with Gasteiger partial charge in [0.25, 0.3) is 0 Å². The molecule has 1 aliphatic heterocycles. The first-order valence-corrected chi connectivity index (χ1v) is 6.29. The van der Waals surface area contributed by atoms with E-state index in [9.17, 15) is 0 Å². The lowest BCUT2D eigenvalue weighted by molar-refractivity contribution is 0.291. The summed E-state index contributed by atoms with van der Waals surface area (Å²) in [5, 5.41) is 0.592. The second kappa shape index (κ2) is 5.01. The fourth-order valence-electron chi connectivity index (χ4n) is 1.53. The van der Waals surface area contributed by atoms with Crippen LogP contribution in [0.4, 0.5) is 0 Å². The van der Waals surface area contributed by atoms with Crippen molar-refractivity contribution in [3.8, 4) is 0 Å². The summed E-state index contributed by atoms with van der Waals surface area (Å²) < 4.78 is 0. The zero-order valence-corrected chi connectivity index (χ0v) is 9.52. The van der Waals surface area contributed by atoms with E-state index in [4.69, 9.17) is 11.6 Å². The Balaban J connectivity index is 1.95. The van der Waals surface area contributed by atoms with Gasteiger partial charge >= 0.3 is 0 Å². The quantitative estimate of drug-likeness (QED) is 0.723. The SMILES string of the molecule is Clc1cccc(CN2CCSCC2)n1. The van der Waals surface area contributed by atoms with Crippen molar-refractivity contribution in [3.05, 3.63) is 29.0 Å². The molecule has 1 fully saturated rings. The van der Waals surface area contributed by atoms with Crippen molar-refractivity contribution < 1.29 is 0 Å². The lowest BCUT2D eigenvalue weighted by atomic mass is 10.3. The summed E-state index contributed by atoms with van der Waals surface area (Å²) in [7, 11) is 0. The average molecular weight is 229 g/mol. The minimum atomic E-state index is 0.592.